The largest absolute Gasteiger partial charge is 0.481 e. The van der Waals surface area contributed by atoms with E-state index in [2.05, 4.69) is 5.32 Å². The molecule has 0 unspecified atom stereocenters. The van der Waals surface area contributed by atoms with Crippen molar-refractivity contribution in [3.63, 3.8) is 0 Å². The molecule has 0 atom stereocenters. The van der Waals surface area contributed by atoms with Crippen LogP contribution in [0.1, 0.15) is 18.4 Å². The van der Waals surface area contributed by atoms with Gasteiger partial charge in [0.05, 0.1) is 11.6 Å². The van der Waals surface area contributed by atoms with Crippen molar-refractivity contribution in [2.75, 3.05) is 18.4 Å². The zero-order valence-corrected chi connectivity index (χ0v) is 11.2. The maximum absolute atomic E-state index is 13.4. The number of carboxylic acids is 1. The molecule has 0 aromatic heterocycles. The molecule has 0 saturated carbocycles. The van der Waals surface area contributed by atoms with Gasteiger partial charge in [0.25, 0.3) is 0 Å². The Morgan fingerprint density at radius 1 is 1.38 bits per heavy atom. The second-order valence-corrected chi connectivity index (χ2v) is 4.80. The van der Waals surface area contributed by atoms with Crippen LogP contribution in [-0.2, 0) is 4.79 Å². The van der Waals surface area contributed by atoms with Gasteiger partial charge in [0.15, 0.2) is 0 Å². The van der Waals surface area contributed by atoms with Crippen LogP contribution in [0.25, 0.3) is 0 Å². The summed E-state index contributed by atoms with van der Waals surface area (Å²) in [5, 5.41) is 20.3. The van der Waals surface area contributed by atoms with Crippen molar-refractivity contribution >= 4 is 17.7 Å². The third-order valence-electron chi connectivity index (χ3n) is 3.50. The Morgan fingerprint density at radius 3 is 2.62 bits per heavy atom. The first-order chi connectivity index (χ1) is 10.0. The molecular formula is C14H14FN3O3. The number of piperidine rings is 1. The number of aliphatic carboxylic acids is 1. The summed E-state index contributed by atoms with van der Waals surface area (Å²) >= 11 is 0. The Labute approximate surface area is 120 Å². The van der Waals surface area contributed by atoms with E-state index in [9.17, 15) is 14.0 Å². The predicted molar refractivity (Wildman–Crippen MR) is 72.1 cm³/mol. The normalized spacial score (nSPS) is 15.3. The summed E-state index contributed by atoms with van der Waals surface area (Å²) in [4.78, 5) is 24.4. The molecule has 1 aromatic rings. The maximum atomic E-state index is 13.4. The molecule has 110 valence electrons. The SMILES string of the molecule is N#Cc1c(F)cccc1NC(=O)N1CCC(C(=O)O)CC1. The van der Waals surface area contributed by atoms with Crippen LogP contribution in [0.2, 0.25) is 0 Å². The van der Waals surface area contributed by atoms with E-state index in [0.29, 0.717) is 25.9 Å². The second kappa shape index (κ2) is 6.22. The van der Waals surface area contributed by atoms with E-state index in [1.54, 1.807) is 6.07 Å². The van der Waals surface area contributed by atoms with E-state index in [-0.39, 0.29) is 11.3 Å². The molecule has 1 aromatic carbocycles. The highest BCUT2D eigenvalue weighted by atomic mass is 19.1. The molecule has 2 N–H and O–H groups in total. The van der Waals surface area contributed by atoms with Gasteiger partial charge in [-0.15, -0.1) is 0 Å². The third-order valence-corrected chi connectivity index (χ3v) is 3.50. The topological polar surface area (TPSA) is 93.4 Å². The van der Waals surface area contributed by atoms with Gasteiger partial charge in [-0.2, -0.15) is 5.26 Å². The lowest BCUT2D eigenvalue weighted by Gasteiger charge is -2.30. The maximum Gasteiger partial charge on any atom is 0.321 e. The Morgan fingerprint density at radius 2 is 2.05 bits per heavy atom. The number of carboxylic acid groups (broad SMARTS) is 1. The number of benzene rings is 1. The average Bonchev–Trinajstić information content (AvgIpc) is 2.47. The number of nitrogens with zero attached hydrogens (tertiary/aromatic N) is 2. The van der Waals surface area contributed by atoms with Crippen LogP contribution in [0, 0.1) is 23.1 Å². The standard InChI is InChI=1S/C14H14FN3O3/c15-11-2-1-3-12(10(11)8-16)17-14(21)18-6-4-9(5-7-18)13(19)20/h1-3,9H,4-7H2,(H,17,21)(H,19,20). The molecule has 2 amide bonds. The van der Waals surface area contributed by atoms with Crippen LogP contribution in [0.5, 0.6) is 0 Å². The number of halogens is 1. The lowest BCUT2D eigenvalue weighted by molar-refractivity contribution is -0.143. The molecule has 0 spiro atoms. The number of hydrogen-bond acceptors (Lipinski definition) is 3. The Kier molecular flexibility index (Phi) is 4.38. The molecule has 0 radical (unpaired) electrons. The van der Waals surface area contributed by atoms with E-state index >= 15 is 0 Å². The van der Waals surface area contributed by atoms with Gasteiger partial charge < -0.3 is 15.3 Å². The van der Waals surface area contributed by atoms with E-state index in [1.807, 2.05) is 0 Å². The van der Waals surface area contributed by atoms with Crippen molar-refractivity contribution in [3.05, 3.63) is 29.6 Å². The predicted octanol–water partition coefficient (Wildman–Crippen LogP) is 2.03. The number of carbonyl (C=O) groups excluding carboxylic acids is 1. The van der Waals surface area contributed by atoms with Crippen molar-refractivity contribution in [3.8, 4) is 6.07 Å². The van der Waals surface area contributed by atoms with E-state index < -0.39 is 23.7 Å². The summed E-state index contributed by atoms with van der Waals surface area (Å²) in [7, 11) is 0. The first-order valence-corrected chi connectivity index (χ1v) is 6.50. The summed E-state index contributed by atoms with van der Waals surface area (Å²) in [5.74, 6) is -1.98. The highest BCUT2D eigenvalue weighted by Gasteiger charge is 2.27. The molecule has 1 saturated heterocycles. The summed E-state index contributed by atoms with van der Waals surface area (Å²) < 4.78 is 13.4. The number of amides is 2. The number of anilines is 1. The highest BCUT2D eigenvalue weighted by Crippen LogP contribution is 2.21. The van der Waals surface area contributed by atoms with Gasteiger partial charge in [0.1, 0.15) is 17.4 Å². The van der Waals surface area contributed by atoms with Crippen molar-refractivity contribution < 1.29 is 19.1 Å². The number of urea groups is 1. The zero-order chi connectivity index (χ0) is 15.4. The van der Waals surface area contributed by atoms with Gasteiger partial charge in [-0.1, -0.05) is 6.07 Å². The lowest BCUT2D eigenvalue weighted by Crippen LogP contribution is -2.42. The number of rotatable bonds is 2. The molecule has 1 aliphatic heterocycles. The minimum absolute atomic E-state index is 0.114. The number of likely N-dealkylation sites (tertiary alicyclic amines) is 1. The molecule has 1 aliphatic rings. The zero-order valence-electron chi connectivity index (χ0n) is 11.2. The third kappa shape index (κ3) is 3.28. The van der Waals surface area contributed by atoms with Crippen molar-refractivity contribution in [2.45, 2.75) is 12.8 Å². The molecule has 1 fully saturated rings. The van der Waals surface area contributed by atoms with Crippen LogP contribution in [0.15, 0.2) is 18.2 Å². The molecule has 0 aliphatic carbocycles. The number of nitrogens with one attached hydrogen (secondary N) is 1. The van der Waals surface area contributed by atoms with Crippen LogP contribution in [0.4, 0.5) is 14.9 Å². The van der Waals surface area contributed by atoms with E-state index in [1.165, 1.54) is 17.0 Å². The Bertz CT molecular complexity index is 604. The van der Waals surface area contributed by atoms with Gasteiger partial charge in [0.2, 0.25) is 0 Å². The van der Waals surface area contributed by atoms with Gasteiger partial charge in [-0.25, -0.2) is 9.18 Å². The van der Waals surface area contributed by atoms with Gasteiger partial charge in [-0.05, 0) is 25.0 Å². The van der Waals surface area contributed by atoms with Crippen LogP contribution in [0.3, 0.4) is 0 Å². The fourth-order valence-electron chi connectivity index (χ4n) is 2.27. The Hall–Kier alpha value is -2.62. The second-order valence-electron chi connectivity index (χ2n) is 4.80. The fraction of sp³-hybridized carbons (Fsp3) is 0.357. The summed E-state index contributed by atoms with van der Waals surface area (Å²) in [5.41, 5.74) is -0.103. The average molecular weight is 291 g/mol. The minimum atomic E-state index is -0.855. The Balaban J connectivity index is 2.02. The van der Waals surface area contributed by atoms with Crippen molar-refractivity contribution in [1.82, 2.24) is 4.90 Å². The number of nitriles is 1. The summed E-state index contributed by atoms with van der Waals surface area (Å²) in [6, 6.07) is 5.25. The molecule has 6 nitrogen and oxygen atoms in total. The molecular weight excluding hydrogens is 277 g/mol. The van der Waals surface area contributed by atoms with Crippen molar-refractivity contribution in [1.29, 1.82) is 5.26 Å². The monoisotopic (exact) mass is 291 g/mol. The number of carbonyl (C=O) groups is 2. The van der Waals surface area contributed by atoms with E-state index in [4.69, 9.17) is 10.4 Å². The lowest BCUT2D eigenvalue weighted by atomic mass is 9.97. The molecule has 7 heteroatoms. The quantitative estimate of drug-likeness (QED) is 0.871. The fourth-order valence-corrected chi connectivity index (χ4v) is 2.27. The minimum Gasteiger partial charge on any atom is -0.481 e. The molecule has 2 rings (SSSR count). The van der Waals surface area contributed by atoms with Crippen LogP contribution in [-0.4, -0.2) is 35.1 Å². The first kappa shape index (κ1) is 14.8. The smallest absolute Gasteiger partial charge is 0.321 e. The molecule has 21 heavy (non-hydrogen) atoms. The molecule has 0 bridgehead atoms. The van der Waals surface area contributed by atoms with Crippen LogP contribution < -0.4 is 5.32 Å². The van der Waals surface area contributed by atoms with Gasteiger partial charge in [-0.3, -0.25) is 4.79 Å². The highest BCUT2D eigenvalue weighted by molar-refractivity contribution is 5.91. The first-order valence-electron chi connectivity index (χ1n) is 6.50. The molecule has 1 heterocycles. The summed E-state index contributed by atoms with van der Waals surface area (Å²) in [6.45, 7) is 0.639. The van der Waals surface area contributed by atoms with Crippen molar-refractivity contribution in [2.24, 2.45) is 5.92 Å². The summed E-state index contributed by atoms with van der Waals surface area (Å²) in [6.07, 6.45) is 0.772. The number of hydrogen-bond donors (Lipinski definition) is 2. The van der Waals surface area contributed by atoms with Crippen LogP contribution >= 0.6 is 0 Å². The van der Waals surface area contributed by atoms with E-state index in [0.717, 1.165) is 6.07 Å². The van der Waals surface area contributed by atoms with Gasteiger partial charge in [0, 0.05) is 13.1 Å². The van der Waals surface area contributed by atoms with Gasteiger partial charge >= 0.3 is 12.0 Å².